The number of hydrogen-bond acceptors (Lipinski definition) is 5. The molecular weight excluding hydrogens is 278 g/mol. The summed E-state index contributed by atoms with van der Waals surface area (Å²) in [7, 11) is 2.11. The topological polar surface area (TPSA) is 75.5 Å². The number of aromatic amines is 1. The van der Waals surface area contributed by atoms with Gasteiger partial charge in [0.1, 0.15) is 23.8 Å². The normalized spacial score (nSPS) is 23.6. The lowest BCUT2D eigenvalue weighted by Crippen LogP contribution is -2.34. The number of H-pyrrole nitrogens is 1. The van der Waals surface area contributed by atoms with Crippen LogP contribution in [0.4, 0.5) is 0 Å². The molecular formula is C15H23N7. The number of rotatable bonds is 4. The average molecular weight is 301 g/mol. The van der Waals surface area contributed by atoms with Gasteiger partial charge in [-0.25, -0.2) is 4.98 Å². The molecule has 1 N–H and O–H groups in total. The Balaban J connectivity index is 1.52. The summed E-state index contributed by atoms with van der Waals surface area (Å²) in [5.74, 6) is 3.82. The van der Waals surface area contributed by atoms with Crippen molar-refractivity contribution in [3.05, 3.63) is 23.8 Å². The maximum Gasteiger partial charge on any atom is 0.146 e. The smallest absolute Gasteiger partial charge is 0.146 e. The minimum atomic E-state index is 0.320. The van der Waals surface area contributed by atoms with Gasteiger partial charge in [0, 0.05) is 13.0 Å². The zero-order valence-electron chi connectivity index (χ0n) is 13.1. The third-order valence-corrected chi connectivity index (χ3v) is 5.18. The van der Waals surface area contributed by atoms with Crippen LogP contribution in [0, 0.1) is 0 Å². The second-order valence-corrected chi connectivity index (χ2v) is 6.51. The zero-order valence-corrected chi connectivity index (χ0v) is 13.1. The van der Waals surface area contributed by atoms with Gasteiger partial charge >= 0.3 is 0 Å². The van der Waals surface area contributed by atoms with Gasteiger partial charge in [0.2, 0.25) is 0 Å². The Morgan fingerprint density at radius 2 is 2.09 bits per heavy atom. The summed E-state index contributed by atoms with van der Waals surface area (Å²) < 4.78 is 2.20. The molecule has 0 bridgehead atoms. The maximum absolute atomic E-state index is 4.45. The van der Waals surface area contributed by atoms with Crippen LogP contribution in [0.3, 0.4) is 0 Å². The molecule has 0 spiro atoms. The molecule has 2 aromatic heterocycles. The van der Waals surface area contributed by atoms with E-state index in [4.69, 9.17) is 0 Å². The molecule has 22 heavy (non-hydrogen) atoms. The van der Waals surface area contributed by atoms with Crippen molar-refractivity contribution in [1.29, 1.82) is 0 Å². The maximum atomic E-state index is 4.45. The van der Waals surface area contributed by atoms with E-state index in [9.17, 15) is 0 Å². The first-order valence-electron chi connectivity index (χ1n) is 8.30. The summed E-state index contributed by atoms with van der Waals surface area (Å²) in [6, 6.07) is 0.320. The molecule has 1 saturated carbocycles. The molecule has 3 heterocycles. The minimum Gasteiger partial charge on any atom is -0.317 e. The summed E-state index contributed by atoms with van der Waals surface area (Å²) >= 11 is 0. The fraction of sp³-hybridized carbons (Fsp3) is 0.733. The van der Waals surface area contributed by atoms with E-state index in [1.54, 1.807) is 6.33 Å². The van der Waals surface area contributed by atoms with Crippen LogP contribution in [0.2, 0.25) is 0 Å². The molecule has 0 unspecified atom stereocenters. The van der Waals surface area contributed by atoms with Crippen LogP contribution < -0.4 is 0 Å². The summed E-state index contributed by atoms with van der Waals surface area (Å²) in [5, 5.41) is 15.9. The predicted molar refractivity (Wildman–Crippen MR) is 81.0 cm³/mol. The van der Waals surface area contributed by atoms with Gasteiger partial charge in [0.05, 0.1) is 12.6 Å². The highest BCUT2D eigenvalue weighted by atomic mass is 15.3. The van der Waals surface area contributed by atoms with E-state index in [0.29, 0.717) is 12.0 Å². The summed E-state index contributed by atoms with van der Waals surface area (Å²) in [4.78, 5) is 6.82. The quantitative estimate of drug-likeness (QED) is 0.934. The van der Waals surface area contributed by atoms with Gasteiger partial charge in [0.25, 0.3) is 0 Å². The van der Waals surface area contributed by atoms with E-state index in [1.165, 1.54) is 32.1 Å². The van der Waals surface area contributed by atoms with Gasteiger partial charge in [0.15, 0.2) is 0 Å². The molecule has 0 radical (unpaired) electrons. The van der Waals surface area contributed by atoms with Crippen LogP contribution in [0.25, 0.3) is 0 Å². The first-order valence-corrected chi connectivity index (χ1v) is 8.30. The number of nitrogens with zero attached hydrogens (tertiary/aromatic N) is 6. The molecule has 7 nitrogen and oxygen atoms in total. The summed E-state index contributed by atoms with van der Waals surface area (Å²) in [5.41, 5.74) is 0. The second kappa shape index (κ2) is 5.79. The number of aromatic nitrogens is 6. The van der Waals surface area contributed by atoms with Crippen molar-refractivity contribution < 1.29 is 0 Å². The molecule has 2 aliphatic rings. The van der Waals surface area contributed by atoms with Crippen molar-refractivity contribution in [1.82, 2.24) is 34.8 Å². The largest absolute Gasteiger partial charge is 0.317 e. The molecule has 1 aliphatic heterocycles. The van der Waals surface area contributed by atoms with Gasteiger partial charge in [-0.2, -0.15) is 5.10 Å². The Hall–Kier alpha value is -1.76. The van der Waals surface area contributed by atoms with Crippen molar-refractivity contribution in [2.75, 3.05) is 6.54 Å². The van der Waals surface area contributed by atoms with Crippen LogP contribution in [0.5, 0.6) is 0 Å². The third kappa shape index (κ3) is 2.43. The van der Waals surface area contributed by atoms with Crippen molar-refractivity contribution in [3.63, 3.8) is 0 Å². The molecule has 0 aromatic carbocycles. The van der Waals surface area contributed by atoms with Crippen LogP contribution in [-0.4, -0.2) is 41.4 Å². The van der Waals surface area contributed by atoms with Gasteiger partial charge in [-0.3, -0.25) is 10.00 Å². The van der Waals surface area contributed by atoms with Gasteiger partial charge in [-0.15, -0.1) is 10.2 Å². The molecule has 4 rings (SSSR count). The molecule has 2 aromatic rings. The lowest BCUT2D eigenvalue weighted by atomic mass is 9.85. The molecule has 1 saturated heterocycles. The molecule has 7 heteroatoms. The van der Waals surface area contributed by atoms with E-state index >= 15 is 0 Å². The van der Waals surface area contributed by atoms with Crippen molar-refractivity contribution >= 4 is 0 Å². The highest BCUT2D eigenvalue weighted by Gasteiger charge is 2.29. The highest BCUT2D eigenvalue weighted by Crippen LogP contribution is 2.35. The van der Waals surface area contributed by atoms with Crippen LogP contribution in [0.1, 0.15) is 68.0 Å². The summed E-state index contributed by atoms with van der Waals surface area (Å²) in [6.45, 7) is 1.92. The fourth-order valence-electron chi connectivity index (χ4n) is 3.58. The Kier molecular flexibility index (Phi) is 3.65. The van der Waals surface area contributed by atoms with E-state index in [2.05, 4.69) is 41.9 Å². The highest BCUT2D eigenvalue weighted by molar-refractivity contribution is 5.05. The number of hydrogen-bond donors (Lipinski definition) is 1. The molecule has 118 valence electrons. The third-order valence-electron chi connectivity index (χ3n) is 5.18. The average Bonchev–Trinajstić information content (AvgIpc) is 3.11. The first-order chi connectivity index (χ1) is 10.8. The lowest BCUT2D eigenvalue weighted by Gasteiger charge is -2.33. The van der Waals surface area contributed by atoms with Gasteiger partial charge in [-0.05, 0) is 32.2 Å². The Morgan fingerprint density at radius 3 is 2.82 bits per heavy atom. The molecule has 1 aliphatic carbocycles. The number of piperidine rings is 1. The summed E-state index contributed by atoms with van der Waals surface area (Å²) in [6.07, 6.45) is 9.05. The lowest BCUT2D eigenvalue weighted by molar-refractivity contribution is 0.129. The number of nitrogens with one attached hydrogen (secondary N) is 1. The predicted octanol–water partition coefficient (Wildman–Crippen LogP) is 1.93. The van der Waals surface area contributed by atoms with E-state index in [1.807, 2.05) is 0 Å². The Bertz CT molecular complexity index is 614. The Labute approximate surface area is 130 Å². The van der Waals surface area contributed by atoms with Crippen molar-refractivity contribution in [2.24, 2.45) is 7.05 Å². The van der Waals surface area contributed by atoms with E-state index in [0.717, 1.165) is 37.0 Å². The molecule has 0 amide bonds. The van der Waals surface area contributed by atoms with Crippen molar-refractivity contribution in [2.45, 2.75) is 57.0 Å². The zero-order chi connectivity index (χ0) is 14.9. The second-order valence-electron chi connectivity index (χ2n) is 6.51. The van der Waals surface area contributed by atoms with Gasteiger partial charge in [-0.1, -0.05) is 12.8 Å². The van der Waals surface area contributed by atoms with E-state index < -0.39 is 0 Å². The van der Waals surface area contributed by atoms with Gasteiger partial charge < -0.3 is 4.57 Å². The fourth-order valence-corrected chi connectivity index (χ4v) is 3.58. The SMILES string of the molecule is Cn1c(CN2CCCC[C@H]2c2ncn[nH]2)nnc1C1CCC1. The Morgan fingerprint density at radius 1 is 1.18 bits per heavy atom. The van der Waals surface area contributed by atoms with Crippen LogP contribution in [0.15, 0.2) is 6.33 Å². The minimum absolute atomic E-state index is 0.320. The van der Waals surface area contributed by atoms with E-state index in [-0.39, 0.29) is 0 Å². The first kappa shape index (κ1) is 13.9. The number of likely N-dealkylation sites (tertiary alicyclic amines) is 1. The monoisotopic (exact) mass is 301 g/mol. The van der Waals surface area contributed by atoms with Crippen LogP contribution in [-0.2, 0) is 13.6 Å². The standard InChI is InChI=1S/C15H23N7/c1-21-13(18-20-15(21)11-5-4-6-11)9-22-8-3-2-7-12(22)14-16-10-17-19-14/h10-12H,2-9H2,1H3,(H,16,17,19)/t12-/m0/s1. The van der Waals surface area contributed by atoms with Crippen molar-refractivity contribution in [3.8, 4) is 0 Å². The molecule has 2 fully saturated rings. The molecule has 1 atom stereocenters. The van der Waals surface area contributed by atoms with Crippen LogP contribution >= 0.6 is 0 Å².